The lowest BCUT2D eigenvalue weighted by molar-refractivity contribution is 0.0528. The van der Waals surface area contributed by atoms with E-state index in [0.29, 0.717) is 6.04 Å². The summed E-state index contributed by atoms with van der Waals surface area (Å²) in [4.78, 5) is 17.0. The topological polar surface area (TPSA) is 35.6 Å². The van der Waals surface area contributed by atoms with Crippen molar-refractivity contribution in [1.29, 1.82) is 0 Å². The number of likely N-dealkylation sites (N-methyl/N-ethyl adjacent to an activating group) is 1. The van der Waals surface area contributed by atoms with Gasteiger partial charge in [0.1, 0.15) is 0 Å². The van der Waals surface area contributed by atoms with Crippen molar-refractivity contribution in [3.8, 4) is 0 Å². The predicted molar refractivity (Wildman–Crippen MR) is 81.2 cm³/mol. The number of fused-ring (bicyclic) bond motifs is 1. The van der Waals surface area contributed by atoms with Crippen molar-refractivity contribution in [2.24, 2.45) is 0 Å². The van der Waals surface area contributed by atoms with Gasteiger partial charge in [0.25, 0.3) is 5.91 Å². The maximum Gasteiger partial charge on any atom is 0.254 e. The van der Waals surface area contributed by atoms with Crippen LogP contribution in [0, 0.1) is 0 Å². The zero-order valence-corrected chi connectivity index (χ0v) is 12.4. The standard InChI is InChI=1S/C16H23N3O/c1-3-18-8-9-19(11-12(18)2)16(20)14-5-4-13-6-7-17-15(13)10-14/h4-5,10,12,17H,3,6-9,11H2,1-2H3. The Morgan fingerprint density at radius 1 is 1.40 bits per heavy atom. The number of hydrogen-bond acceptors (Lipinski definition) is 3. The smallest absolute Gasteiger partial charge is 0.254 e. The predicted octanol–water partition coefficient (Wildman–Crippen LogP) is 1.82. The largest absolute Gasteiger partial charge is 0.384 e. The highest BCUT2D eigenvalue weighted by molar-refractivity contribution is 5.95. The second-order valence-electron chi connectivity index (χ2n) is 5.78. The van der Waals surface area contributed by atoms with Crippen LogP contribution in [0.25, 0.3) is 0 Å². The van der Waals surface area contributed by atoms with Gasteiger partial charge in [-0.05, 0) is 37.6 Å². The van der Waals surface area contributed by atoms with Crippen LogP contribution in [-0.2, 0) is 6.42 Å². The van der Waals surface area contributed by atoms with E-state index in [9.17, 15) is 4.79 Å². The molecule has 1 unspecified atom stereocenters. The Labute approximate surface area is 120 Å². The van der Waals surface area contributed by atoms with Gasteiger partial charge in [-0.1, -0.05) is 13.0 Å². The molecule has 0 spiro atoms. The van der Waals surface area contributed by atoms with E-state index < -0.39 is 0 Å². The zero-order valence-electron chi connectivity index (χ0n) is 12.4. The molecule has 1 amide bonds. The lowest BCUT2D eigenvalue weighted by atomic mass is 10.1. The molecule has 1 fully saturated rings. The van der Waals surface area contributed by atoms with E-state index in [2.05, 4.69) is 30.1 Å². The van der Waals surface area contributed by atoms with Crippen molar-refractivity contribution in [2.75, 3.05) is 38.0 Å². The van der Waals surface area contributed by atoms with Gasteiger partial charge in [-0.3, -0.25) is 9.69 Å². The number of carbonyl (C=O) groups is 1. The number of carbonyl (C=O) groups excluding carboxylic acids is 1. The summed E-state index contributed by atoms with van der Waals surface area (Å²) in [5, 5.41) is 3.34. The summed E-state index contributed by atoms with van der Waals surface area (Å²) in [5.74, 6) is 0.170. The Hall–Kier alpha value is -1.55. The van der Waals surface area contributed by atoms with Crippen LogP contribution in [0.2, 0.25) is 0 Å². The molecule has 1 saturated heterocycles. The van der Waals surface area contributed by atoms with Crippen LogP contribution in [0.1, 0.15) is 29.8 Å². The highest BCUT2D eigenvalue weighted by atomic mass is 16.2. The van der Waals surface area contributed by atoms with Gasteiger partial charge < -0.3 is 10.2 Å². The fourth-order valence-electron chi connectivity index (χ4n) is 3.26. The molecular formula is C16H23N3O. The third-order valence-corrected chi connectivity index (χ3v) is 4.53. The minimum atomic E-state index is 0.170. The minimum Gasteiger partial charge on any atom is -0.384 e. The number of anilines is 1. The molecule has 108 valence electrons. The van der Waals surface area contributed by atoms with E-state index in [1.54, 1.807) is 0 Å². The molecule has 2 aliphatic heterocycles. The molecule has 1 aromatic carbocycles. The fourth-order valence-corrected chi connectivity index (χ4v) is 3.26. The number of amides is 1. The number of nitrogens with zero attached hydrogens (tertiary/aromatic N) is 2. The van der Waals surface area contributed by atoms with Crippen LogP contribution in [0.5, 0.6) is 0 Å². The Bertz CT molecular complexity index is 514. The van der Waals surface area contributed by atoms with E-state index in [1.807, 2.05) is 17.0 Å². The van der Waals surface area contributed by atoms with Gasteiger partial charge in [0.05, 0.1) is 0 Å². The van der Waals surface area contributed by atoms with Crippen molar-refractivity contribution in [3.63, 3.8) is 0 Å². The molecule has 2 aliphatic rings. The monoisotopic (exact) mass is 273 g/mol. The Morgan fingerprint density at radius 3 is 3.00 bits per heavy atom. The molecule has 0 saturated carbocycles. The van der Waals surface area contributed by atoms with Crippen molar-refractivity contribution in [2.45, 2.75) is 26.3 Å². The summed E-state index contributed by atoms with van der Waals surface area (Å²) in [6, 6.07) is 6.53. The van der Waals surface area contributed by atoms with Gasteiger partial charge in [0.15, 0.2) is 0 Å². The first-order valence-electron chi connectivity index (χ1n) is 7.59. The third kappa shape index (κ3) is 2.40. The minimum absolute atomic E-state index is 0.170. The van der Waals surface area contributed by atoms with Gasteiger partial charge in [0.2, 0.25) is 0 Å². The maximum atomic E-state index is 12.6. The highest BCUT2D eigenvalue weighted by Gasteiger charge is 2.26. The second-order valence-corrected chi connectivity index (χ2v) is 5.78. The summed E-state index contributed by atoms with van der Waals surface area (Å²) in [6.45, 7) is 9.07. The Kier molecular flexibility index (Phi) is 3.66. The van der Waals surface area contributed by atoms with Crippen LogP contribution >= 0.6 is 0 Å². The van der Waals surface area contributed by atoms with Gasteiger partial charge in [-0.15, -0.1) is 0 Å². The van der Waals surface area contributed by atoms with Gasteiger partial charge >= 0.3 is 0 Å². The molecule has 1 N–H and O–H groups in total. The molecule has 0 radical (unpaired) electrons. The molecule has 3 rings (SSSR count). The molecule has 0 aliphatic carbocycles. The quantitative estimate of drug-likeness (QED) is 0.893. The van der Waals surface area contributed by atoms with Gasteiger partial charge in [-0.2, -0.15) is 0 Å². The molecule has 1 aromatic rings. The lowest BCUT2D eigenvalue weighted by Crippen LogP contribution is -2.53. The van der Waals surface area contributed by atoms with Gasteiger partial charge in [0, 0.05) is 43.5 Å². The van der Waals surface area contributed by atoms with Crippen molar-refractivity contribution >= 4 is 11.6 Å². The number of nitrogens with one attached hydrogen (secondary N) is 1. The molecule has 2 heterocycles. The highest BCUT2D eigenvalue weighted by Crippen LogP contribution is 2.24. The fraction of sp³-hybridized carbons (Fsp3) is 0.562. The normalized spacial score (nSPS) is 22.5. The zero-order chi connectivity index (χ0) is 14.1. The van der Waals surface area contributed by atoms with E-state index >= 15 is 0 Å². The van der Waals surface area contributed by atoms with E-state index in [4.69, 9.17) is 0 Å². The van der Waals surface area contributed by atoms with Crippen molar-refractivity contribution in [1.82, 2.24) is 9.80 Å². The molecule has 1 atom stereocenters. The number of piperazine rings is 1. The van der Waals surface area contributed by atoms with E-state index in [1.165, 1.54) is 5.56 Å². The summed E-state index contributed by atoms with van der Waals surface area (Å²) >= 11 is 0. The molecule has 4 heteroatoms. The van der Waals surface area contributed by atoms with Crippen LogP contribution in [0.15, 0.2) is 18.2 Å². The Morgan fingerprint density at radius 2 is 2.25 bits per heavy atom. The first-order valence-corrected chi connectivity index (χ1v) is 7.59. The lowest BCUT2D eigenvalue weighted by Gasteiger charge is -2.39. The molecule has 0 bridgehead atoms. The number of rotatable bonds is 2. The summed E-state index contributed by atoms with van der Waals surface area (Å²) < 4.78 is 0. The van der Waals surface area contributed by atoms with Gasteiger partial charge in [-0.25, -0.2) is 0 Å². The molecule has 4 nitrogen and oxygen atoms in total. The van der Waals surface area contributed by atoms with Crippen molar-refractivity contribution < 1.29 is 4.79 Å². The van der Waals surface area contributed by atoms with Crippen LogP contribution in [0.4, 0.5) is 5.69 Å². The summed E-state index contributed by atoms with van der Waals surface area (Å²) in [7, 11) is 0. The number of hydrogen-bond donors (Lipinski definition) is 1. The second kappa shape index (κ2) is 5.44. The Balaban J connectivity index is 1.73. The third-order valence-electron chi connectivity index (χ3n) is 4.53. The maximum absolute atomic E-state index is 12.6. The summed E-state index contributed by atoms with van der Waals surface area (Å²) in [6.07, 6.45) is 1.07. The van der Waals surface area contributed by atoms with E-state index in [-0.39, 0.29) is 5.91 Å². The SMILES string of the molecule is CCN1CCN(C(=O)c2ccc3c(c2)NCC3)CC1C. The molecular weight excluding hydrogens is 250 g/mol. The first kappa shape index (κ1) is 13.4. The molecule has 0 aromatic heterocycles. The first-order chi connectivity index (χ1) is 9.69. The van der Waals surface area contributed by atoms with E-state index in [0.717, 1.165) is 50.4 Å². The van der Waals surface area contributed by atoms with Crippen molar-refractivity contribution in [3.05, 3.63) is 29.3 Å². The average Bonchev–Trinajstić information content (AvgIpc) is 2.93. The van der Waals surface area contributed by atoms with Crippen LogP contribution in [0.3, 0.4) is 0 Å². The molecule has 20 heavy (non-hydrogen) atoms. The van der Waals surface area contributed by atoms with Crippen LogP contribution < -0.4 is 5.32 Å². The summed E-state index contributed by atoms with van der Waals surface area (Å²) in [5.41, 5.74) is 3.28. The van der Waals surface area contributed by atoms with Crippen LogP contribution in [-0.4, -0.2) is 54.5 Å². The number of benzene rings is 1. The average molecular weight is 273 g/mol.